The van der Waals surface area contributed by atoms with E-state index in [2.05, 4.69) is 40.0 Å². The standard InChI is InChI=1S/C25H25BClN5O/c26-20-15-30-32-23(12-22(31-25(20)32)19-3-1-2-4-21(19)27)28-13-17-7-9-18(10-8-17)14-29-24(33)11-16-5-6-16/h1-4,7-10,12,15-16,28H,5-6,11,13-14,26H2,(H,29,33). The maximum absolute atomic E-state index is 11.9. The molecular formula is C25H25BClN5O. The number of rotatable bonds is 8. The first-order chi connectivity index (χ1) is 16.1. The van der Waals surface area contributed by atoms with Crippen molar-refractivity contribution in [1.29, 1.82) is 0 Å². The Morgan fingerprint density at radius 3 is 2.55 bits per heavy atom. The number of aromatic nitrogens is 3. The van der Waals surface area contributed by atoms with Crippen LogP contribution in [0.2, 0.25) is 5.02 Å². The van der Waals surface area contributed by atoms with E-state index in [9.17, 15) is 4.79 Å². The van der Waals surface area contributed by atoms with Gasteiger partial charge in [-0.25, -0.2) is 4.98 Å². The van der Waals surface area contributed by atoms with E-state index in [0.29, 0.717) is 30.5 Å². The van der Waals surface area contributed by atoms with Gasteiger partial charge in [-0.2, -0.15) is 9.61 Å². The predicted molar refractivity (Wildman–Crippen MR) is 135 cm³/mol. The summed E-state index contributed by atoms with van der Waals surface area (Å²) in [4.78, 5) is 16.7. The minimum atomic E-state index is 0.147. The van der Waals surface area contributed by atoms with E-state index >= 15 is 0 Å². The molecule has 1 aliphatic carbocycles. The number of nitrogens with zero attached hydrogens (tertiary/aromatic N) is 3. The number of fused-ring (bicyclic) bond motifs is 1. The molecule has 1 fully saturated rings. The highest BCUT2D eigenvalue weighted by atomic mass is 35.5. The zero-order valence-corrected chi connectivity index (χ0v) is 19.3. The van der Waals surface area contributed by atoms with Crippen molar-refractivity contribution in [1.82, 2.24) is 19.9 Å². The fourth-order valence-corrected chi connectivity index (χ4v) is 4.06. The lowest BCUT2D eigenvalue weighted by Gasteiger charge is -2.12. The maximum atomic E-state index is 11.9. The summed E-state index contributed by atoms with van der Waals surface area (Å²) < 4.78 is 1.82. The van der Waals surface area contributed by atoms with E-state index in [1.54, 1.807) is 0 Å². The summed E-state index contributed by atoms with van der Waals surface area (Å²) in [5, 5.41) is 11.7. The highest BCUT2D eigenvalue weighted by Crippen LogP contribution is 2.32. The summed E-state index contributed by atoms with van der Waals surface area (Å²) >= 11 is 6.43. The SMILES string of the molecule is Bc1cnn2c(NCc3ccc(CNC(=O)CC4CC4)cc3)cc(-c3ccccc3Cl)nc12. The highest BCUT2D eigenvalue weighted by Gasteiger charge is 2.24. The molecule has 0 bridgehead atoms. The average molecular weight is 458 g/mol. The van der Waals surface area contributed by atoms with Gasteiger partial charge in [0, 0.05) is 42.4 Å². The molecule has 5 rings (SSSR count). The lowest BCUT2D eigenvalue weighted by atomic mass is 10.0. The molecule has 1 amide bonds. The van der Waals surface area contributed by atoms with Crippen LogP contribution < -0.4 is 16.1 Å². The van der Waals surface area contributed by atoms with Crippen LogP contribution in [-0.4, -0.2) is 28.4 Å². The largest absolute Gasteiger partial charge is 0.366 e. The first-order valence-electron chi connectivity index (χ1n) is 11.3. The normalized spacial score (nSPS) is 13.2. The number of halogens is 1. The van der Waals surface area contributed by atoms with Crippen molar-refractivity contribution in [3.05, 3.63) is 76.9 Å². The van der Waals surface area contributed by atoms with Gasteiger partial charge in [0.2, 0.25) is 5.91 Å². The molecule has 33 heavy (non-hydrogen) atoms. The fraction of sp³-hybridized carbons (Fsp3) is 0.240. The number of anilines is 1. The molecule has 0 atom stereocenters. The number of carbonyl (C=O) groups excluding carboxylic acids is 1. The molecule has 1 saturated carbocycles. The number of amides is 1. The Labute approximate surface area is 198 Å². The maximum Gasteiger partial charge on any atom is 0.220 e. The molecular weight excluding hydrogens is 433 g/mol. The van der Waals surface area contributed by atoms with Gasteiger partial charge in [0.05, 0.1) is 5.69 Å². The Morgan fingerprint density at radius 1 is 1.09 bits per heavy atom. The molecule has 0 aliphatic heterocycles. The molecule has 8 heteroatoms. The third-order valence-electron chi connectivity index (χ3n) is 5.96. The summed E-state index contributed by atoms with van der Waals surface area (Å²) in [5.74, 6) is 1.60. The lowest BCUT2D eigenvalue weighted by Crippen LogP contribution is -2.22. The van der Waals surface area contributed by atoms with Crippen LogP contribution in [0.1, 0.15) is 30.4 Å². The smallest absolute Gasteiger partial charge is 0.220 e. The zero-order chi connectivity index (χ0) is 22.8. The van der Waals surface area contributed by atoms with E-state index in [0.717, 1.165) is 39.3 Å². The second-order valence-corrected chi connectivity index (χ2v) is 9.07. The number of hydrogen-bond donors (Lipinski definition) is 2. The molecule has 0 spiro atoms. The molecule has 1 aliphatic rings. The third kappa shape index (κ3) is 5.04. The van der Waals surface area contributed by atoms with Crippen molar-refractivity contribution in [2.24, 2.45) is 5.92 Å². The van der Waals surface area contributed by atoms with Crippen LogP contribution in [-0.2, 0) is 17.9 Å². The Morgan fingerprint density at radius 2 is 1.82 bits per heavy atom. The van der Waals surface area contributed by atoms with Gasteiger partial charge >= 0.3 is 0 Å². The minimum Gasteiger partial charge on any atom is -0.366 e. The van der Waals surface area contributed by atoms with Crippen LogP contribution in [0.3, 0.4) is 0 Å². The zero-order valence-electron chi connectivity index (χ0n) is 18.5. The Hall–Kier alpha value is -3.32. The van der Waals surface area contributed by atoms with Crippen molar-refractivity contribution in [3.8, 4) is 11.3 Å². The van der Waals surface area contributed by atoms with Crippen LogP contribution in [0.4, 0.5) is 5.82 Å². The summed E-state index contributed by atoms with van der Waals surface area (Å²) in [6.45, 7) is 1.20. The molecule has 166 valence electrons. The van der Waals surface area contributed by atoms with Crippen LogP contribution in [0.5, 0.6) is 0 Å². The van der Waals surface area contributed by atoms with E-state index in [1.165, 1.54) is 12.8 Å². The van der Waals surface area contributed by atoms with Gasteiger partial charge in [0.1, 0.15) is 13.7 Å². The van der Waals surface area contributed by atoms with E-state index in [-0.39, 0.29) is 5.91 Å². The first kappa shape index (κ1) is 21.5. The van der Waals surface area contributed by atoms with E-state index in [4.69, 9.17) is 16.6 Å². The molecule has 0 unspecified atom stereocenters. The first-order valence-corrected chi connectivity index (χ1v) is 11.6. The van der Waals surface area contributed by atoms with Crippen molar-refractivity contribution in [3.63, 3.8) is 0 Å². The molecule has 0 radical (unpaired) electrons. The molecule has 0 saturated heterocycles. The molecule has 2 N–H and O–H groups in total. The molecule has 2 aromatic carbocycles. The monoisotopic (exact) mass is 457 g/mol. The molecule has 2 aromatic heterocycles. The Kier molecular flexibility index (Phi) is 6.05. The van der Waals surface area contributed by atoms with Crippen molar-refractivity contribution < 1.29 is 4.79 Å². The quantitative estimate of drug-likeness (QED) is 0.398. The van der Waals surface area contributed by atoms with Gasteiger partial charge < -0.3 is 10.6 Å². The van der Waals surface area contributed by atoms with Gasteiger partial charge in [0.15, 0.2) is 5.65 Å². The van der Waals surface area contributed by atoms with Gasteiger partial charge in [-0.05, 0) is 41.4 Å². The number of benzene rings is 2. The Bertz CT molecular complexity index is 1300. The van der Waals surface area contributed by atoms with Crippen LogP contribution in [0.25, 0.3) is 16.9 Å². The predicted octanol–water partition coefficient (Wildman–Crippen LogP) is 3.34. The minimum absolute atomic E-state index is 0.147. The second kappa shape index (κ2) is 9.28. The van der Waals surface area contributed by atoms with Crippen molar-refractivity contribution in [2.45, 2.75) is 32.4 Å². The fourth-order valence-electron chi connectivity index (χ4n) is 3.83. The van der Waals surface area contributed by atoms with Gasteiger partial charge in [0.25, 0.3) is 0 Å². The highest BCUT2D eigenvalue weighted by molar-refractivity contribution is 6.36. The number of nitrogens with one attached hydrogen (secondary N) is 2. The summed E-state index contributed by atoms with van der Waals surface area (Å²) in [6, 6.07) is 18.0. The Balaban J connectivity index is 1.30. The number of carbonyl (C=O) groups is 1. The lowest BCUT2D eigenvalue weighted by molar-refractivity contribution is -0.121. The molecule has 2 heterocycles. The molecule has 4 aromatic rings. The summed E-state index contributed by atoms with van der Waals surface area (Å²) in [5.41, 5.74) is 5.72. The van der Waals surface area contributed by atoms with Crippen LogP contribution >= 0.6 is 11.6 Å². The topological polar surface area (TPSA) is 71.3 Å². The third-order valence-corrected chi connectivity index (χ3v) is 6.28. The van der Waals surface area contributed by atoms with Crippen molar-refractivity contribution in [2.75, 3.05) is 5.32 Å². The number of hydrogen-bond acceptors (Lipinski definition) is 4. The van der Waals surface area contributed by atoms with Gasteiger partial charge in [-0.3, -0.25) is 4.79 Å². The van der Waals surface area contributed by atoms with Crippen LogP contribution in [0, 0.1) is 5.92 Å². The molecule has 6 nitrogen and oxygen atoms in total. The summed E-state index contributed by atoms with van der Waals surface area (Å²) in [7, 11) is 2.00. The van der Waals surface area contributed by atoms with Crippen LogP contribution in [0.15, 0.2) is 60.8 Å². The average Bonchev–Trinajstić information content (AvgIpc) is 3.56. The van der Waals surface area contributed by atoms with Gasteiger partial charge in [-0.15, -0.1) is 0 Å². The van der Waals surface area contributed by atoms with E-state index < -0.39 is 0 Å². The second-order valence-electron chi connectivity index (χ2n) is 8.66. The summed E-state index contributed by atoms with van der Waals surface area (Å²) in [6.07, 6.45) is 4.86. The van der Waals surface area contributed by atoms with Gasteiger partial charge in [-0.1, -0.05) is 54.1 Å². The van der Waals surface area contributed by atoms with Crippen molar-refractivity contribution >= 4 is 42.3 Å². The van der Waals surface area contributed by atoms with E-state index in [1.807, 2.05) is 48.9 Å².